The predicted molar refractivity (Wildman–Crippen MR) is 80.9 cm³/mol. The van der Waals surface area contributed by atoms with E-state index in [-0.39, 0.29) is 5.92 Å². The van der Waals surface area contributed by atoms with Crippen LogP contribution in [0.3, 0.4) is 0 Å². The summed E-state index contributed by atoms with van der Waals surface area (Å²) in [6, 6.07) is 0. The molecular weight excluding hydrogens is 226 g/mol. The molecule has 0 aromatic carbocycles. The quantitative estimate of drug-likeness (QED) is 0.789. The first kappa shape index (κ1) is 22.6. The van der Waals surface area contributed by atoms with E-state index in [1.165, 1.54) is 32.7 Å². The molecule has 0 atom stereocenters. The summed E-state index contributed by atoms with van der Waals surface area (Å²) in [5, 5.41) is 8.54. The number of rotatable bonds is 3. The highest BCUT2D eigenvalue weighted by Crippen LogP contribution is 2.23. The highest BCUT2D eigenvalue weighted by atomic mass is 16.4. The smallest absolute Gasteiger partial charge is 0.306 e. The lowest BCUT2D eigenvalue weighted by Gasteiger charge is -2.16. The lowest BCUT2D eigenvalue weighted by atomic mass is 9.90. The number of carboxylic acids is 1. The Morgan fingerprint density at radius 2 is 1.44 bits per heavy atom. The van der Waals surface area contributed by atoms with E-state index in [0.29, 0.717) is 0 Å². The second-order valence-electron chi connectivity index (χ2n) is 4.03. The fraction of sp³-hybridized carbons (Fsp3) is 0.933. The number of carbonyl (C=O) groups is 1. The molecule has 1 aliphatic rings. The van der Waals surface area contributed by atoms with E-state index >= 15 is 0 Å². The number of nitrogens with two attached hydrogens (primary N) is 1. The summed E-state index contributed by atoms with van der Waals surface area (Å²) in [6.07, 6.45) is 9.31. The summed E-state index contributed by atoms with van der Waals surface area (Å²) in [6.45, 7) is 8.42. The molecule has 1 aliphatic carbocycles. The molecule has 0 saturated heterocycles. The summed E-state index contributed by atoms with van der Waals surface area (Å²) >= 11 is 0. The Balaban J connectivity index is -0.000000215. The minimum atomic E-state index is -0.602. The topological polar surface area (TPSA) is 63.3 Å². The number of carboxylic acid groups (broad SMARTS) is 1. The molecule has 18 heavy (non-hydrogen) atoms. The Bertz CT molecular complexity index is 141. The Labute approximate surface area is 114 Å². The van der Waals surface area contributed by atoms with Crippen molar-refractivity contribution in [2.45, 2.75) is 79.1 Å². The fourth-order valence-corrected chi connectivity index (χ4v) is 1.70. The second kappa shape index (κ2) is 21.7. The summed E-state index contributed by atoms with van der Waals surface area (Å²) in [7, 11) is 1.50. The molecule has 0 aliphatic heterocycles. The number of aliphatic carboxylic acids is 1. The van der Waals surface area contributed by atoms with E-state index in [4.69, 9.17) is 5.11 Å². The molecule has 3 N–H and O–H groups in total. The highest BCUT2D eigenvalue weighted by Gasteiger charge is 2.19. The number of hydrogen-bond donors (Lipinski definition) is 2. The molecule has 1 fully saturated rings. The van der Waals surface area contributed by atoms with Gasteiger partial charge in [0, 0.05) is 0 Å². The van der Waals surface area contributed by atoms with Crippen molar-refractivity contribution in [1.82, 2.24) is 0 Å². The zero-order valence-electron chi connectivity index (χ0n) is 13.2. The van der Waals surface area contributed by atoms with Crippen LogP contribution in [0.5, 0.6) is 0 Å². The molecule has 0 spiro atoms. The standard InChI is InChI=1S/C7H12O2.C5H12.C2H6.CH5N/c8-7(9)6-4-2-1-3-5-6;1-3-5-4-2;2*1-2/h6H,1-5H2,(H,8,9);3-5H2,1-2H3;1-2H3;2H2,1H3. The van der Waals surface area contributed by atoms with Crippen LogP contribution in [-0.4, -0.2) is 18.1 Å². The molecule has 1 rings (SSSR count). The maximum Gasteiger partial charge on any atom is 0.306 e. The van der Waals surface area contributed by atoms with E-state index in [2.05, 4.69) is 19.6 Å². The minimum absolute atomic E-state index is 0.0289. The van der Waals surface area contributed by atoms with Gasteiger partial charge in [-0.3, -0.25) is 4.79 Å². The van der Waals surface area contributed by atoms with E-state index in [1.54, 1.807) is 0 Å². The first-order chi connectivity index (χ1) is 8.72. The van der Waals surface area contributed by atoms with Gasteiger partial charge in [0.2, 0.25) is 0 Å². The molecule has 0 aromatic rings. The van der Waals surface area contributed by atoms with Crippen molar-refractivity contribution in [3.05, 3.63) is 0 Å². The van der Waals surface area contributed by atoms with Gasteiger partial charge in [-0.25, -0.2) is 0 Å². The average molecular weight is 261 g/mol. The van der Waals surface area contributed by atoms with Crippen LogP contribution in [0.25, 0.3) is 0 Å². The van der Waals surface area contributed by atoms with E-state index in [1.807, 2.05) is 13.8 Å². The van der Waals surface area contributed by atoms with Crippen LogP contribution in [0.1, 0.15) is 79.1 Å². The highest BCUT2D eigenvalue weighted by molar-refractivity contribution is 5.69. The van der Waals surface area contributed by atoms with Crippen LogP contribution in [0, 0.1) is 5.92 Å². The molecular formula is C15H35NO2. The molecule has 0 aromatic heterocycles. The normalized spacial score (nSPS) is 13.9. The van der Waals surface area contributed by atoms with Gasteiger partial charge < -0.3 is 10.8 Å². The third-order valence-electron chi connectivity index (χ3n) is 2.66. The summed E-state index contributed by atoms with van der Waals surface area (Å²) in [4.78, 5) is 10.4. The van der Waals surface area contributed by atoms with Crippen LogP contribution in [-0.2, 0) is 4.79 Å². The third kappa shape index (κ3) is 17.8. The van der Waals surface area contributed by atoms with Gasteiger partial charge in [-0.05, 0) is 19.9 Å². The largest absolute Gasteiger partial charge is 0.481 e. The Morgan fingerprint density at radius 1 is 1.06 bits per heavy atom. The Morgan fingerprint density at radius 3 is 1.61 bits per heavy atom. The number of hydrogen-bond acceptors (Lipinski definition) is 2. The van der Waals surface area contributed by atoms with Gasteiger partial charge in [0.1, 0.15) is 0 Å². The van der Waals surface area contributed by atoms with Crippen LogP contribution in [0.4, 0.5) is 0 Å². The molecule has 0 unspecified atom stereocenters. The maximum absolute atomic E-state index is 10.4. The lowest BCUT2D eigenvalue weighted by Crippen LogP contribution is -2.16. The summed E-state index contributed by atoms with van der Waals surface area (Å²) in [5.41, 5.74) is 4.50. The SMILES string of the molecule is CC.CCCCC.CN.O=C(O)C1CCCCC1. The average Bonchev–Trinajstić information content (AvgIpc) is 2.46. The molecule has 112 valence electrons. The Hall–Kier alpha value is -0.570. The monoisotopic (exact) mass is 261 g/mol. The predicted octanol–water partition coefficient (Wildman–Crippen LogP) is 4.45. The molecule has 0 bridgehead atoms. The zero-order chi connectivity index (χ0) is 14.8. The van der Waals surface area contributed by atoms with Gasteiger partial charge >= 0.3 is 5.97 Å². The van der Waals surface area contributed by atoms with Gasteiger partial charge in [-0.1, -0.05) is 66.2 Å². The Kier molecular flexibility index (Phi) is 27.2. The molecule has 1 saturated carbocycles. The van der Waals surface area contributed by atoms with Gasteiger partial charge in [0.05, 0.1) is 5.92 Å². The fourth-order valence-electron chi connectivity index (χ4n) is 1.70. The van der Waals surface area contributed by atoms with Crippen molar-refractivity contribution in [2.24, 2.45) is 11.7 Å². The van der Waals surface area contributed by atoms with Crippen molar-refractivity contribution < 1.29 is 9.90 Å². The van der Waals surface area contributed by atoms with E-state index in [0.717, 1.165) is 25.7 Å². The van der Waals surface area contributed by atoms with E-state index in [9.17, 15) is 4.79 Å². The van der Waals surface area contributed by atoms with Gasteiger partial charge in [-0.15, -0.1) is 0 Å². The molecule has 3 heteroatoms. The van der Waals surface area contributed by atoms with Gasteiger partial charge in [0.25, 0.3) is 0 Å². The molecule has 0 amide bonds. The zero-order valence-corrected chi connectivity index (χ0v) is 13.2. The minimum Gasteiger partial charge on any atom is -0.481 e. The van der Waals surface area contributed by atoms with Crippen LogP contribution in [0.15, 0.2) is 0 Å². The lowest BCUT2D eigenvalue weighted by molar-refractivity contribution is -0.142. The molecule has 0 heterocycles. The summed E-state index contributed by atoms with van der Waals surface area (Å²) < 4.78 is 0. The second-order valence-corrected chi connectivity index (χ2v) is 4.03. The van der Waals surface area contributed by atoms with Gasteiger partial charge in [-0.2, -0.15) is 0 Å². The molecule has 3 nitrogen and oxygen atoms in total. The third-order valence-corrected chi connectivity index (χ3v) is 2.66. The summed E-state index contributed by atoms with van der Waals surface area (Å²) in [5.74, 6) is -0.631. The van der Waals surface area contributed by atoms with Crippen molar-refractivity contribution in [3.63, 3.8) is 0 Å². The first-order valence-electron chi connectivity index (χ1n) is 7.52. The van der Waals surface area contributed by atoms with Gasteiger partial charge in [0.15, 0.2) is 0 Å². The van der Waals surface area contributed by atoms with Crippen LogP contribution in [0.2, 0.25) is 0 Å². The maximum atomic E-state index is 10.4. The number of unbranched alkanes of at least 4 members (excludes halogenated alkanes) is 2. The van der Waals surface area contributed by atoms with Crippen LogP contribution < -0.4 is 5.73 Å². The van der Waals surface area contributed by atoms with Crippen LogP contribution >= 0.6 is 0 Å². The van der Waals surface area contributed by atoms with E-state index < -0.39 is 5.97 Å². The molecule has 0 radical (unpaired) electrons. The van der Waals surface area contributed by atoms with Crippen molar-refractivity contribution in [2.75, 3.05) is 7.05 Å². The van der Waals surface area contributed by atoms with Crippen molar-refractivity contribution >= 4 is 5.97 Å². The van der Waals surface area contributed by atoms with Crippen molar-refractivity contribution in [1.29, 1.82) is 0 Å². The first-order valence-corrected chi connectivity index (χ1v) is 7.52. The van der Waals surface area contributed by atoms with Crippen molar-refractivity contribution in [3.8, 4) is 0 Å².